The minimum Gasteiger partial charge on any atom is -0.389 e. The van der Waals surface area contributed by atoms with Crippen molar-refractivity contribution in [1.82, 2.24) is 4.90 Å². The molecule has 0 heterocycles. The highest BCUT2D eigenvalue weighted by Gasteiger charge is 2.12. The Morgan fingerprint density at radius 1 is 1.21 bits per heavy atom. The van der Waals surface area contributed by atoms with Crippen molar-refractivity contribution in [3.63, 3.8) is 0 Å². The standard InChI is InChI=1S/C15H25ClN2O/c1-5-8-18(10-9-17(3)4)15-7-6-13(12(2)19)11-14(15)16/h6-7,11-12,19H,5,8-10H2,1-4H3/t12-/m0/s1. The Balaban J connectivity index is 2.89. The van der Waals surface area contributed by atoms with Crippen LogP contribution in [0.3, 0.4) is 0 Å². The molecule has 0 bridgehead atoms. The van der Waals surface area contributed by atoms with E-state index in [1.807, 2.05) is 18.2 Å². The summed E-state index contributed by atoms with van der Waals surface area (Å²) in [5.41, 5.74) is 1.91. The molecular weight excluding hydrogens is 260 g/mol. The smallest absolute Gasteiger partial charge is 0.0762 e. The van der Waals surface area contributed by atoms with E-state index in [1.54, 1.807) is 6.92 Å². The molecule has 0 aliphatic heterocycles. The largest absolute Gasteiger partial charge is 0.389 e. The van der Waals surface area contributed by atoms with Crippen LogP contribution in [-0.4, -0.2) is 43.7 Å². The molecule has 1 aromatic rings. The predicted molar refractivity (Wildman–Crippen MR) is 83.1 cm³/mol. The quantitative estimate of drug-likeness (QED) is 0.833. The van der Waals surface area contributed by atoms with Gasteiger partial charge in [-0.15, -0.1) is 0 Å². The maximum Gasteiger partial charge on any atom is 0.0762 e. The first kappa shape index (κ1) is 16.3. The normalized spacial score (nSPS) is 12.8. The van der Waals surface area contributed by atoms with Gasteiger partial charge >= 0.3 is 0 Å². The zero-order valence-electron chi connectivity index (χ0n) is 12.4. The van der Waals surface area contributed by atoms with Crippen LogP contribution in [-0.2, 0) is 0 Å². The summed E-state index contributed by atoms with van der Waals surface area (Å²) in [6, 6.07) is 5.82. The Bertz CT molecular complexity index is 394. The Labute approximate surface area is 121 Å². The molecule has 1 N–H and O–H groups in total. The van der Waals surface area contributed by atoms with Crippen molar-refractivity contribution in [2.75, 3.05) is 38.6 Å². The predicted octanol–water partition coefficient (Wildman–Crippen LogP) is 3.17. The molecule has 0 spiro atoms. The number of aliphatic hydroxyl groups is 1. The lowest BCUT2D eigenvalue weighted by Gasteiger charge is -2.27. The van der Waals surface area contributed by atoms with Crippen LogP contribution >= 0.6 is 11.6 Å². The number of hydrogen-bond acceptors (Lipinski definition) is 3. The summed E-state index contributed by atoms with van der Waals surface area (Å²) in [4.78, 5) is 4.47. The minimum atomic E-state index is -0.479. The number of anilines is 1. The summed E-state index contributed by atoms with van der Waals surface area (Å²) >= 11 is 6.35. The number of halogens is 1. The molecule has 0 radical (unpaired) electrons. The van der Waals surface area contributed by atoms with Crippen LogP contribution in [0.2, 0.25) is 5.02 Å². The summed E-state index contributed by atoms with van der Waals surface area (Å²) in [6.45, 7) is 6.85. The van der Waals surface area contributed by atoms with Gasteiger partial charge in [-0.05, 0) is 45.1 Å². The van der Waals surface area contributed by atoms with Gasteiger partial charge in [0.2, 0.25) is 0 Å². The van der Waals surface area contributed by atoms with Gasteiger partial charge in [0.15, 0.2) is 0 Å². The van der Waals surface area contributed by atoms with E-state index in [9.17, 15) is 5.11 Å². The molecule has 0 aromatic heterocycles. The molecule has 0 aliphatic rings. The van der Waals surface area contributed by atoms with E-state index in [0.717, 1.165) is 37.3 Å². The van der Waals surface area contributed by atoms with E-state index >= 15 is 0 Å². The van der Waals surface area contributed by atoms with Crippen molar-refractivity contribution >= 4 is 17.3 Å². The molecule has 0 saturated heterocycles. The van der Waals surface area contributed by atoms with Gasteiger partial charge in [0.1, 0.15) is 0 Å². The molecule has 0 fully saturated rings. The van der Waals surface area contributed by atoms with Crippen molar-refractivity contribution in [2.45, 2.75) is 26.4 Å². The highest BCUT2D eigenvalue weighted by atomic mass is 35.5. The van der Waals surface area contributed by atoms with Gasteiger partial charge in [-0.1, -0.05) is 24.6 Å². The number of hydrogen-bond donors (Lipinski definition) is 1. The summed E-state index contributed by atoms with van der Waals surface area (Å²) < 4.78 is 0. The van der Waals surface area contributed by atoms with Gasteiger partial charge < -0.3 is 14.9 Å². The van der Waals surface area contributed by atoms with E-state index in [2.05, 4.69) is 30.8 Å². The van der Waals surface area contributed by atoms with E-state index < -0.39 is 6.10 Å². The maximum atomic E-state index is 9.58. The second-order valence-corrected chi connectivity index (χ2v) is 5.58. The molecule has 1 rings (SSSR count). The van der Waals surface area contributed by atoms with Crippen LogP contribution in [0.5, 0.6) is 0 Å². The summed E-state index contributed by atoms with van der Waals surface area (Å²) in [5.74, 6) is 0. The summed E-state index contributed by atoms with van der Waals surface area (Å²) in [6.07, 6.45) is 0.606. The number of benzene rings is 1. The van der Waals surface area contributed by atoms with Crippen molar-refractivity contribution in [3.05, 3.63) is 28.8 Å². The molecule has 0 saturated carbocycles. The molecule has 108 valence electrons. The number of likely N-dealkylation sites (N-methyl/N-ethyl adjacent to an activating group) is 1. The lowest BCUT2D eigenvalue weighted by Crippen LogP contribution is -2.32. The average molecular weight is 285 g/mol. The zero-order chi connectivity index (χ0) is 14.4. The molecule has 1 atom stereocenters. The highest BCUT2D eigenvalue weighted by Crippen LogP contribution is 2.29. The Morgan fingerprint density at radius 2 is 1.89 bits per heavy atom. The molecule has 4 heteroatoms. The zero-order valence-corrected chi connectivity index (χ0v) is 13.1. The minimum absolute atomic E-state index is 0.479. The molecule has 1 aromatic carbocycles. The average Bonchev–Trinajstić information content (AvgIpc) is 2.34. The lowest BCUT2D eigenvalue weighted by molar-refractivity contribution is 0.199. The lowest BCUT2D eigenvalue weighted by atomic mass is 10.1. The van der Waals surface area contributed by atoms with Crippen molar-refractivity contribution < 1.29 is 5.11 Å². The molecule has 0 unspecified atom stereocenters. The van der Waals surface area contributed by atoms with Gasteiger partial charge in [0.05, 0.1) is 16.8 Å². The van der Waals surface area contributed by atoms with E-state index in [0.29, 0.717) is 5.02 Å². The van der Waals surface area contributed by atoms with Crippen LogP contribution < -0.4 is 4.90 Å². The first-order chi connectivity index (χ1) is 8.95. The van der Waals surface area contributed by atoms with Gasteiger partial charge in [-0.25, -0.2) is 0 Å². The van der Waals surface area contributed by atoms with Gasteiger partial charge in [0, 0.05) is 19.6 Å². The Morgan fingerprint density at radius 3 is 2.37 bits per heavy atom. The van der Waals surface area contributed by atoms with E-state index in [1.165, 1.54) is 0 Å². The van der Waals surface area contributed by atoms with Crippen LogP contribution in [0.25, 0.3) is 0 Å². The molecule has 0 aliphatic carbocycles. The second-order valence-electron chi connectivity index (χ2n) is 5.18. The van der Waals surface area contributed by atoms with Gasteiger partial charge in [0.25, 0.3) is 0 Å². The maximum absolute atomic E-state index is 9.58. The Hall–Kier alpha value is -0.770. The van der Waals surface area contributed by atoms with Crippen molar-refractivity contribution in [3.8, 4) is 0 Å². The first-order valence-electron chi connectivity index (χ1n) is 6.83. The monoisotopic (exact) mass is 284 g/mol. The van der Waals surface area contributed by atoms with Crippen LogP contribution in [0, 0.1) is 0 Å². The summed E-state index contributed by atoms with van der Waals surface area (Å²) in [5, 5.41) is 10.3. The SMILES string of the molecule is CCCN(CCN(C)C)c1ccc([C@H](C)O)cc1Cl. The van der Waals surface area contributed by atoms with E-state index in [-0.39, 0.29) is 0 Å². The van der Waals surface area contributed by atoms with Crippen LogP contribution in [0.15, 0.2) is 18.2 Å². The summed E-state index contributed by atoms with van der Waals surface area (Å²) in [7, 11) is 4.14. The van der Waals surface area contributed by atoms with Crippen molar-refractivity contribution in [2.24, 2.45) is 0 Å². The van der Waals surface area contributed by atoms with Crippen LogP contribution in [0.1, 0.15) is 31.9 Å². The molecule has 3 nitrogen and oxygen atoms in total. The third kappa shape index (κ3) is 5.01. The second kappa shape index (κ2) is 7.73. The number of aliphatic hydroxyl groups excluding tert-OH is 1. The topological polar surface area (TPSA) is 26.7 Å². The van der Waals surface area contributed by atoms with E-state index in [4.69, 9.17) is 11.6 Å². The highest BCUT2D eigenvalue weighted by molar-refractivity contribution is 6.33. The fourth-order valence-electron chi connectivity index (χ4n) is 1.98. The molecule has 19 heavy (non-hydrogen) atoms. The Kier molecular flexibility index (Phi) is 6.63. The van der Waals surface area contributed by atoms with Gasteiger partial charge in [-0.2, -0.15) is 0 Å². The van der Waals surface area contributed by atoms with Crippen LogP contribution in [0.4, 0.5) is 5.69 Å². The molecular formula is C15H25ClN2O. The molecule has 0 amide bonds. The number of rotatable bonds is 7. The fourth-order valence-corrected chi connectivity index (χ4v) is 2.29. The first-order valence-corrected chi connectivity index (χ1v) is 7.20. The number of nitrogens with zero attached hydrogens (tertiary/aromatic N) is 2. The van der Waals surface area contributed by atoms with Gasteiger partial charge in [-0.3, -0.25) is 0 Å². The fraction of sp³-hybridized carbons (Fsp3) is 0.600. The third-order valence-corrected chi connectivity index (χ3v) is 3.41. The third-order valence-electron chi connectivity index (χ3n) is 3.11. The van der Waals surface area contributed by atoms with Crippen molar-refractivity contribution in [1.29, 1.82) is 0 Å².